The molecule has 1 aliphatic rings. The van der Waals surface area contributed by atoms with E-state index in [9.17, 15) is 4.39 Å². The van der Waals surface area contributed by atoms with Crippen LogP contribution >= 0.6 is 0 Å². The van der Waals surface area contributed by atoms with Crippen LogP contribution in [0.15, 0.2) is 18.3 Å². The van der Waals surface area contributed by atoms with E-state index >= 15 is 0 Å². The molecule has 4 atom stereocenters. The van der Waals surface area contributed by atoms with Crippen molar-refractivity contribution >= 4 is 0 Å². The molecular formula is C17H28FN3. The predicted octanol–water partition coefficient (Wildman–Crippen LogP) is 3.10. The van der Waals surface area contributed by atoms with E-state index in [4.69, 9.17) is 0 Å². The lowest BCUT2D eigenvalue weighted by molar-refractivity contribution is 0.236. The van der Waals surface area contributed by atoms with Crippen molar-refractivity contribution in [1.82, 2.24) is 15.2 Å². The van der Waals surface area contributed by atoms with E-state index in [1.807, 2.05) is 0 Å². The summed E-state index contributed by atoms with van der Waals surface area (Å²) in [7, 11) is 2.20. The molecule has 3 nitrogen and oxygen atoms in total. The van der Waals surface area contributed by atoms with Gasteiger partial charge in [-0.2, -0.15) is 0 Å². The van der Waals surface area contributed by atoms with Gasteiger partial charge in [-0.15, -0.1) is 0 Å². The average Bonchev–Trinajstić information content (AvgIpc) is 3.12. The van der Waals surface area contributed by atoms with E-state index < -0.39 is 0 Å². The SMILES string of the molecule is CCNC(c1ccc(F)cn1)C(C)CN(C)CC1CC1C. The average molecular weight is 293 g/mol. The van der Waals surface area contributed by atoms with Gasteiger partial charge in [-0.05, 0) is 49.9 Å². The predicted molar refractivity (Wildman–Crippen MR) is 84.5 cm³/mol. The minimum absolute atomic E-state index is 0.176. The van der Waals surface area contributed by atoms with Gasteiger partial charge in [0, 0.05) is 13.1 Å². The standard InChI is InChI=1S/C17H28FN3/c1-5-19-17(16-7-6-15(18)9-20-16)13(3)10-21(4)11-14-8-12(14)2/h6-7,9,12-14,17,19H,5,8,10-11H2,1-4H3. The van der Waals surface area contributed by atoms with Crippen LogP contribution in [0.5, 0.6) is 0 Å². The zero-order valence-electron chi connectivity index (χ0n) is 13.6. The molecule has 0 aromatic carbocycles. The van der Waals surface area contributed by atoms with Crippen LogP contribution in [0.2, 0.25) is 0 Å². The smallest absolute Gasteiger partial charge is 0.141 e. The van der Waals surface area contributed by atoms with Gasteiger partial charge in [0.05, 0.1) is 17.9 Å². The highest BCUT2D eigenvalue weighted by atomic mass is 19.1. The van der Waals surface area contributed by atoms with Crippen LogP contribution in [0.25, 0.3) is 0 Å². The second-order valence-corrected chi connectivity index (χ2v) is 6.61. The van der Waals surface area contributed by atoms with E-state index in [-0.39, 0.29) is 11.9 Å². The Morgan fingerprint density at radius 2 is 2.19 bits per heavy atom. The summed E-state index contributed by atoms with van der Waals surface area (Å²) >= 11 is 0. The summed E-state index contributed by atoms with van der Waals surface area (Å²) < 4.78 is 13.0. The Morgan fingerprint density at radius 3 is 2.71 bits per heavy atom. The molecule has 0 radical (unpaired) electrons. The van der Waals surface area contributed by atoms with Crippen molar-refractivity contribution in [2.45, 2.75) is 33.2 Å². The van der Waals surface area contributed by atoms with Crippen molar-refractivity contribution in [1.29, 1.82) is 0 Å². The number of nitrogens with zero attached hydrogens (tertiary/aromatic N) is 2. The van der Waals surface area contributed by atoms with Crippen LogP contribution in [0.1, 0.15) is 38.9 Å². The summed E-state index contributed by atoms with van der Waals surface area (Å²) in [6, 6.07) is 3.46. The number of pyridine rings is 1. The Morgan fingerprint density at radius 1 is 1.48 bits per heavy atom. The van der Waals surface area contributed by atoms with Crippen molar-refractivity contribution in [3.8, 4) is 0 Å². The molecule has 4 heteroatoms. The molecule has 0 bridgehead atoms. The van der Waals surface area contributed by atoms with Gasteiger partial charge in [0.1, 0.15) is 5.82 Å². The number of hydrogen-bond donors (Lipinski definition) is 1. The van der Waals surface area contributed by atoms with Crippen LogP contribution in [0.3, 0.4) is 0 Å². The topological polar surface area (TPSA) is 28.2 Å². The summed E-state index contributed by atoms with van der Waals surface area (Å²) in [5.41, 5.74) is 0.930. The highest BCUT2D eigenvalue weighted by Gasteiger charge is 2.33. The molecule has 1 aliphatic carbocycles. The third-order valence-electron chi connectivity index (χ3n) is 4.48. The minimum atomic E-state index is -0.276. The molecule has 1 N–H and O–H groups in total. The Kier molecular flexibility index (Phi) is 5.71. The zero-order chi connectivity index (χ0) is 15.4. The number of hydrogen-bond acceptors (Lipinski definition) is 3. The first-order valence-electron chi connectivity index (χ1n) is 8.04. The van der Waals surface area contributed by atoms with Crippen molar-refractivity contribution in [2.24, 2.45) is 17.8 Å². The Labute approximate surface area is 127 Å². The zero-order valence-corrected chi connectivity index (χ0v) is 13.6. The van der Waals surface area contributed by atoms with Crippen LogP contribution in [0.4, 0.5) is 4.39 Å². The molecule has 4 unspecified atom stereocenters. The molecule has 1 heterocycles. The van der Waals surface area contributed by atoms with Crippen molar-refractivity contribution < 1.29 is 4.39 Å². The second kappa shape index (κ2) is 7.32. The number of aromatic nitrogens is 1. The van der Waals surface area contributed by atoms with Crippen molar-refractivity contribution in [2.75, 3.05) is 26.7 Å². The van der Waals surface area contributed by atoms with Crippen LogP contribution in [-0.4, -0.2) is 36.6 Å². The van der Waals surface area contributed by atoms with Crippen LogP contribution in [-0.2, 0) is 0 Å². The fourth-order valence-electron chi connectivity index (χ4n) is 3.11. The molecule has 118 valence electrons. The molecular weight excluding hydrogens is 265 g/mol. The Bertz CT molecular complexity index is 434. The van der Waals surface area contributed by atoms with E-state index in [1.54, 1.807) is 6.07 Å². The number of rotatable bonds is 8. The molecule has 21 heavy (non-hydrogen) atoms. The normalized spacial score (nSPS) is 24.1. The van der Waals surface area contributed by atoms with Gasteiger partial charge in [-0.1, -0.05) is 20.8 Å². The molecule has 0 saturated heterocycles. The summed E-state index contributed by atoms with van der Waals surface area (Å²) in [5, 5.41) is 3.49. The molecule has 0 aliphatic heterocycles. The first kappa shape index (κ1) is 16.4. The molecule has 0 amide bonds. The molecule has 1 fully saturated rings. The minimum Gasteiger partial charge on any atom is -0.309 e. The molecule has 1 aromatic heterocycles. The van der Waals surface area contributed by atoms with E-state index in [2.05, 4.69) is 43.0 Å². The third-order valence-corrected chi connectivity index (χ3v) is 4.48. The highest BCUT2D eigenvalue weighted by Crippen LogP contribution is 2.38. The van der Waals surface area contributed by atoms with Gasteiger partial charge in [-0.3, -0.25) is 4.98 Å². The quantitative estimate of drug-likeness (QED) is 0.798. The van der Waals surface area contributed by atoms with Gasteiger partial charge < -0.3 is 10.2 Å². The van der Waals surface area contributed by atoms with Gasteiger partial charge in [-0.25, -0.2) is 4.39 Å². The van der Waals surface area contributed by atoms with Gasteiger partial charge in [0.2, 0.25) is 0 Å². The molecule has 0 spiro atoms. The van der Waals surface area contributed by atoms with Crippen molar-refractivity contribution in [3.05, 3.63) is 29.8 Å². The maximum atomic E-state index is 13.0. The summed E-state index contributed by atoms with van der Waals surface area (Å²) in [6.07, 6.45) is 2.68. The highest BCUT2D eigenvalue weighted by molar-refractivity contribution is 5.11. The van der Waals surface area contributed by atoms with Crippen molar-refractivity contribution in [3.63, 3.8) is 0 Å². The van der Waals surface area contributed by atoms with E-state index in [0.717, 1.165) is 30.6 Å². The summed E-state index contributed by atoms with van der Waals surface area (Å²) in [6.45, 7) is 9.76. The lowest BCUT2D eigenvalue weighted by Gasteiger charge is -2.28. The first-order chi connectivity index (χ1) is 10.0. The monoisotopic (exact) mass is 293 g/mol. The fourth-order valence-corrected chi connectivity index (χ4v) is 3.11. The van der Waals surface area contributed by atoms with E-state index in [1.165, 1.54) is 25.2 Å². The number of nitrogens with one attached hydrogen (secondary N) is 1. The van der Waals surface area contributed by atoms with Crippen LogP contribution in [0, 0.1) is 23.6 Å². The second-order valence-electron chi connectivity index (χ2n) is 6.61. The van der Waals surface area contributed by atoms with Gasteiger partial charge in [0.15, 0.2) is 0 Å². The lowest BCUT2D eigenvalue weighted by atomic mass is 9.97. The summed E-state index contributed by atoms with van der Waals surface area (Å²) in [4.78, 5) is 6.68. The molecule has 1 aromatic rings. The molecule has 2 rings (SSSR count). The maximum absolute atomic E-state index is 13.0. The Balaban J connectivity index is 1.94. The van der Waals surface area contributed by atoms with E-state index in [0.29, 0.717) is 5.92 Å². The fraction of sp³-hybridized carbons (Fsp3) is 0.706. The Hall–Kier alpha value is -1.00. The molecule has 1 saturated carbocycles. The maximum Gasteiger partial charge on any atom is 0.141 e. The van der Waals surface area contributed by atoms with Gasteiger partial charge >= 0.3 is 0 Å². The third kappa shape index (κ3) is 4.75. The van der Waals surface area contributed by atoms with Gasteiger partial charge in [0.25, 0.3) is 0 Å². The van der Waals surface area contributed by atoms with Crippen LogP contribution < -0.4 is 5.32 Å². The summed E-state index contributed by atoms with van der Waals surface area (Å²) in [5.74, 6) is 1.93. The number of halogens is 1. The lowest BCUT2D eigenvalue weighted by Crippen LogP contribution is -2.35. The first-order valence-corrected chi connectivity index (χ1v) is 8.04. The largest absolute Gasteiger partial charge is 0.309 e.